The molecule has 0 spiro atoms. The molecule has 0 nitrogen and oxygen atoms in total. The Balaban J connectivity index is 0.00000161. The van der Waals surface area contributed by atoms with E-state index in [4.69, 9.17) is 0 Å². The Hall–Kier alpha value is -1.40. The summed E-state index contributed by atoms with van der Waals surface area (Å²) >= 11 is 0. The number of fused-ring (bicyclic) bond motifs is 4. The average Bonchev–Trinajstić information content (AvgIpc) is 3.52. The van der Waals surface area contributed by atoms with Crippen molar-refractivity contribution >= 4 is 28.4 Å². The van der Waals surface area contributed by atoms with Crippen LogP contribution in [0.25, 0.3) is 28.4 Å². The van der Waals surface area contributed by atoms with Crippen LogP contribution in [0.4, 0.5) is 0 Å². The van der Waals surface area contributed by atoms with E-state index >= 15 is 0 Å². The van der Waals surface area contributed by atoms with Crippen molar-refractivity contribution in [3.63, 3.8) is 0 Å². The van der Waals surface area contributed by atoms with Crippen LogP contribution in [0.5, 0.6) is 0 Å². The molecule has 0 heterocycles. The molecule has 0 bridgehead atoms. The first kappa shape index (κ1) is 35.1. The van der Waals surface area contributed by atoms with Crippen LogP contribution in [0.2, 0.25) is 0 Å². The molecule has 0 amide bonds. The van der Waals surface area contributed by atoms with Gasteiger partial charge in [0.25, 0.3) is 0 Å². The van der Waals surface area contributed by atoms with Crippen molar-refractivity contribution < 1.29 is 51.0 Å². The monoisotopic (exact) mass is 673 g/mol. The average molecular weight is 676 g/mol. The van der Waals surface area contributed by atoms with Gasteiger partial charge in [0.05, 0.1) is 0 Å². The molecule has 0 saturated carbocycles. The summed E-state index contributed by atoms with van der Waals surface area (Å²) < 4.78 is 0. The maximum Gasteiger partial charge on any atom is 3.00 e. The van der Waals surface area contributed by atoms with E-state index in [2.05, 4.69) is 126 Å². The Morgan fingerprint density at radius 3 is 2.10 bits per heavy atom. The molecule has 42 heavy (non-hydrogen) atoms. The summed E-state index contributed by atoms with van der Waals surface area (Å²) in [7, 11) is 0. The van der Waals surface area contributed by atoms with Gasteiger partial charge in [-0.1, -0.05) is 119 Å². The van der Waals surface area contributed by atoms with Gasteiger partial charge in [0.15, 0.2) is 0 Å². The smallest absolute Gasteiger partial charge is 1.00 e. The quantitative estimate of drug-likeness (QED) is 0.367. The van der Waals surface area contributed by atoms with E-state index in [1.54, 1.807) is 0 Å². The second-order valence-electron chi connectivity index (χ2n) is 14.9. The summed E-state index contributed by atoms with van der Waals surface area (Å²) in [5.74, 6) is 0.432. The van der Waals surface area contributed by atoms with Crippen molar-refractivity contribution in [3.05, 3.63) is 96.3 Å². The Bertz CT molecular complexity index is 1850. The van der Waals surface area contributed by atoms with E-state index in [9.17, 15) is 0 Å². The molecule has 1 unspecified atom stereocenters. The van der Waals surface area contributed by atoms with Gasteiger partial charge in [0.1, 0.15) is 0 Å². The van der Waals surface area contributed by atoms with E-state index in [1.807, 2.05) is 0 Å². The van der Waals surface area contributed by atoms with E-state index < -0.39 is 0 Å². The molecule has 4 aliphatic rings. The van der Waals surface area contributed by atoms with Gasteiger partial charge < -0.3 is 24.8 Å². The van der Waals surface area contributed by atoms with Gasteiger partial charge in [0.2, 0.25) is 0 Å². The van der Waals surface area contributed by atoms with Crippen LogP contribution in [0.3, 0.4) is 0 Å². The third-order valence-electron chi connectivity index (χ3n) is 9.68. The van der Waals surface area contributed by atoms with Gasteiger partial charge >= 0.3 is 26.2 Å². The number of allylic oxidation sites excluding steroid dienone is 8. The zero-order valence-electron chi connectivity index (χ0n) is 27.5. The second-order valence-corrected chi connectivity index (χ2v) is 14.9. The molecule has 2 aromatic carbocycles. The molecular formula is C39H45Cl2Zr. The fraction of sp³-hybridized carbons (Fsp3) is 0.436. The summed E-state index contributed by atoms with van der Waals surface area (Å²) in [6, 6.07) is 4.94. The third kappa shape index (κ3) is 4.99. The molecule has 1 atom stereocenters. The minimum Gasteiger partial charge on any atom is -1.00 e. The van der Waals surface area contributed by atoms with Crippen molar-refractivity contribution in [2.75, 3.05) is 0 Å². The number of rotatable bonds is 2. The first-order valence-electron chi connectivity index (χ1n) is 14.9. The maximum atomic E-state index is 4.06. The number of halogens is 2. The van der Waals surface area contributed by atoms with Gasteiger partial charge in [-0.3, -0.25) is 0 Å². The Morgan fingerprint density at radius 1 is 0.905 bits per heavy atom. The van der Waals surface area contributed by atoms with Crippen LogP contribution in [0.15, 0.2) is 42.0 Å². The number of hydrogen-bond donors (Lipinski definition) is 0. The van der Waals surface area contributed by atoms with Gasteiger partial charge in [0, 0.05) is 10.8 Å². The molecule has 6 rings (SSSR count). The van der Waals surface area contributed by atoms with Crippen LogP contribution in [-0.2, 0) is 37.0 Å². The predicted molar refractivity (Wildman–Crippen MR) is 170 cm³/mol. The molecule has 2 aromatic rings. The Labute approximate surface area is 285 Å². The van der Waals surface area contributed by atoms with E-state index in [-0.39, 0.29) is 67.3 Å². The van der Waals surface area contributed by atoms with Gasteiger partial charge in [-0.2, -0.15) is 0 Å². The van der Waals surface area contributed by atoms with E-state index in [0.717, 1.165) is 6.42 Å². The van der Waals surface area contributed by atoms with Crippen LogP contribution in [0, 0.1) is 21.8 Å². The first-order chi connectivity index (χ1) is 18.1. The summed E-state index contributed by atoms with van der Waals surface area (Å²) in [5.41, 5.74) is 15.9. The van der Waals surface area contributed by atoms with Gasteiger partial charge in [-0.25, -0.2) is 0 Å². The molecule has 0 aliphatic heterocycles. The molecule has 0 N–H and O–H groups in total. The SMILES string of the molecule is CCC1C=C(C(C)(C)C)C=C1c1c2c(c(=C(C)C)c3c1[C-]=c1cc4c(cc1=3)C(C)=CC4(C)C)C(C)=CC2(C)C.[Cl-].[Cl-].[Zr+3]. The van der Waals surface area contributed by atoms with Gasteiger partial charge in [-0.05, 0) is 73.3 Å². The molecule has 0 aromatic heterocycles. The molecule has 219 valence electrons. The van der Waals surface area contributed by atoms with Crippen LogP contribution in [0.1, 0.15) is 123 Å². The topological polar surface area (TPSA) is 0 Å². The number of benzene rings is 2. The fourth-order valence-corrected chi connectivity index (χ4v) is 7.95. The van der Waals surface area contributed by atoms with E-state index in [0.29, 0.717) is 5.92 Å². The van der Waals surface area contributed by atoms with Crippen LogP contribution in [-0.4, -0.2) is 0 Å². The Morgan fingerprint density at radius 2 is 1.52 bits per heavy atom. The first-order valence-corrected chi connectivity index (χ1v) is 14.9. The van der Waals surface area contributed by atoms with Crippen molar-refractivity contribution in [2.24, 2.45) is 11.3 Å². The summed E-state index contributed by atoms with van der Waals surface area (Å²) in [6.07, 6.45) is 15.2. The second kappa shape index (κ2) is 11.2. The standard InChI is InChI=1S/C39H45.2ClH.Zr/c1-13-24-14-26(37(6,7)8)17-28(24)35-30-15-25-16-31-27(22(4)19-38(31,9)10)18-29(25)34(30)32(21(2)3)33-23(5)20-39(11,12)36(33)35;;;/h14,16-20,24H,13H2,1-12H3;2*1H;/q-1;;;+3/p-2. The van der Waals surface area contributed by atoms with Crippen molar-refractivity contribution in [1.29, 1.82) is 0 Å². The van der Waals surface area contributed by atoms with Crippen LogP contribution >= 0.6 is 0 Å². The minimum absolute atomic E-state index is 0. The summed E-state index contributed by atoms with van der Waals surface area (Å²) in [5, 5.41) is 5.47. The largest absolute Gasteiger partial charge is 3.00 e. The zero-order valence-corrected chi connectivity index (χ0v) is 31.5. The summed E-state index contributed by atoms with van der Waals surface area (Å²) in [6.45, 7) is 28.1. The zero-order chi connectivity index (χ0) is 28.4. The van der Waals surface area contributed by atoms with E-state index in [1.165, 1.54) is 82.1 Å². The predicted octanol–water partition coefficient (Wildman–Crippen LogP) is 2.97. The van der Waals surface area contributed by atoms with Crippen LogP contribution < -0.4 is 35.3 Å². The molecule has 4 aliphatic carbocycles. The van der Waals surface area contributed by atoms with Crippen molar-refractivity contribution in [2.45, 2.75) is 100 Å². The van der Waals surface area contributed by atoms with Gasteiger partial charge in [-0.15, -0.1) is 33.4 Å². The van der Waals surface area contributed by atoms with Crippen molar-refractivity contribution in [1.82, 2.24) is 0 Å². The molecule has 3 heteroatoms. The maximum absolute atomic E-state index is 4.06. The number of hydrogen-bond acceptors (Lipinski definition) is 0. The molecule has 0 saturated heterocycles. The molecule has 0 fully saturated rings. The normalized spacial score (nSPS) is 19.9. The minimum atomic E-state index is -0.0306. The Kier molecular flexibility index (Phi) is 9.35. The molecular weight excluding hydrogens is 631 g/mol. The van der Waals surface area contributed by atoms with Crippen molar-refractivity contribution in [3.8, 4) is 0 Å². The summed E-state index contributed by atoms with van der Waals surface area (Å²) in [4.78, 5) is 0. The molecule has 1 radical (unpaired) electrons. The third-order valence-corrected chi connectivity index (χ3v) is 9.68. The fourth-order valence-electron chi connectivity index (χ4n) is 7.95.